The van der Waals surface area contributed by atoms with Crippen LogP contribution >= 0.6 is 12.6 Å². The predicted molar refractivity (Wildman–Crippen MR) is 77.8 cm³/mol. The Labute approximate surface area is 123 Å². The minimum Gasteiger partial charge on any atom is -0.481 e. The van der Waals surface area contributed by atoms with Crippen molar-refractivity contribution >= 4 is 30.2 Å². The average molecular weight is 291 g/mol. The third kappa shape index (κ3) is 2.20. The zero-order chi connectivity index (χ0) is 14.3. The molecule has 0 aromatic heterocycles. The summed E-state index contributed by atoms with van der Waals surface area (Å²) in [4.78, 5) is 24.6. The number of carboxylic acid groups (broad SMARTS) is 1. The van der Waals surface area contributed by atoms with Gasteiger partial charge in [-0.25, -0.2) is 0 Å². The third-order valence-electron chi connectivity index (χ3n) is 4.67. The molecule has 3 rings (SSSR count). The van der Waals surface area contributed by atoms with Crippen molar-refractivity contribution in [2.45, 2.75) is 24.2 Å². The molecule has 0 radical (unpaired) electrons. The van der Waals surface area contributed by atoms with Crippen LogP contribution in [0.3, 0.4) is 0 Å². The summed E-state index contributed by atoms with van der Waals surface area (Å²) >= 11 is 4.30. The van der Waals surface area contributed by atoms with E-state index in [9.17, 15) is 14.7 Å². The summed E-state index contributed by atoms with van der Waals surface area (Å²) in [5.74, 6) is -1.56. The Balaban J connectivity index is 1.80. The summed E-state index contributed by atoms with van der Waals surface area (Å²) in [7, 11) is 0. The highest BCUT2D eigenvalue weighted by Crippen LogP contribution is 2.52. The lowest BCUT2D eigenvalue weighted by atomic mass is 9.78. The number of benzene rings is 1. The van der Waals surface area contributed by atoms with Crippen LogP contribution < -0.4 is 5.32 Å². The van der Waals surface area contributed by atoms with E-state index in [0.29, 0.717) is 10.6 Å². The lowest BCUT2D eigenvalue weighted by Gasteiger charge is -2.27. The second-order valence-corrected chi connectivity index (χ2v) is 6.21. The fraction of sp³-hybridized carbons (Fsp3) is 0.467. The van der Waals surface area contributed by atoms with Gasteiger partial charge in [0.2, 0.25) is 5.91 Å². The summed E-state index contributed by atoms with van der Waals surface area (Å²) in [6.45, 7) is 0. The number of amides is 1. The predicted octanol–water partition coefficient (Wildman–Crippen LogP) is 2.66. The molecule has 4 atom stereocenters. The maximum atomic E-state index is 12.5. The van der Waals surface area contributed by atoms with E-state index < -0.39 is 17.8 Å². The fourth-order valence-corrected chi connectivity index (χ4v) is 4.04. The summed E-state index contributed by atoms with van der Waals surface area (Å²) in [5, 5.41) is 12.2. The van der Waals surface area contributed by atoms with Crippen LogP contribution in [0, 0.1) is 23.7 Å². The molecule has 20 heavy (non-hydrogen) atoms. The highest BCUT2D eigenvalue weighted by Gasteiger charge is 2.53. The van der Waals surface area contributed by atoms with Crippen molar-refractivity contribution in [1.29, 1.82) is 0 Å². The van der Waals surface area contributed by atoms with Gasteiger partial charge in [-0.1, -0.05) is 12.1 Å². The maximum Gasteiger partial charge on any atom is 0.307 e. The molecule has 2 saturated carbocycles. The normalized spacial score (nSPS) is 31.2. The molecule has 106 valence electrons. The highest BCUT2D eigenvalue weighted by atomic mass is 32.1. The molecule has 2 aliphatic rings. The van der Waals surface area contributed by atoms with E-state index in [1.54, 1.807) is 12.1 Å². The lowest BCUT2D eigenvalue weighted by molar-refractivity contribution is -0.148. The van der Waals surface area contributed by atoms with Crippen molar-refractivity contribution in [1.82, 2.24) is 0 Å². The van der Waals surface area contributed by atoms with E-state index in [1.807, 2.05) is 12.1 Å². The second kappa shape index (κ2) is 5.13. The minimum absolute atomic E-state index is 0.166. The van der Waals surface area contributed by atoms with Crippen molar-refractivity contribution in [2.75, 3.05) is 5.32 Å². The molecule has 0 unspecified atom stereocenters. The first-order chi connectivity index (χ1) is 9.58. The Morgan fingerprint density at radius 2 is 1.80 bits per heavy atom. The van der Waals surface area contributed by atoms with Crippen LogP contribution in [0.1, 0.15) is 19.3 Å². The average Bonchev–Trinajstić information content (AvgIpc) is 3.01. The van der Waals surface area contributed by atoms with Crippen LogP contribution in [0.25, 0.3) is 0 Å². The summed E-state index contributed by atoms with van der Waals surface area (Å²) in [6, 6.07) is 7.25. The molecule has 5 heteroatoms. The van der Waals surface area contributed by atoms with Crippen molar-refractivity contribution in [3.8, 4) is 0 Å². The molecular formula is C15H17NO3S. The van der Waals surface area contributed by atoms with E-state index in [-0.39, 0.29) is 17.7 Å². The maximum absolute atomic E-state index is 12.5. The molecule has 0 aliphatic heterocycles. The van der Waals surface area contributed by atoms with Crippen LogP contribution in [-0.2, 0) is 9.59 Å². The molecule has 0 saturated heterocycles. The number of aliphatic carboxylic acids is 1. The van der Waals surface area contributed by atoms with Gasteiger partial charge in [0.1, 0.15) is 0 Å². The summed E-state index contributed by atoms with van der Waals surface area (Å²) in [6.07, 6.45) is 2.78. The monoisotopic (exact) mass is 291 g/mol. The molecule has 1 aromatic carbocycles. The van der Waals surface area contributed by atoms with Crippen LogP contribution in [0.5, 0.6) is 0 Å². The van der Waals surface area contributed by atoms with Crippen molar-refractivity contribution in [2.24, 2.45) is 23.7 Å². The van der Waals surface area contributed by atoms with E-state index in [0.717, 1.165) is 19.3 Å². The van der Waals surface area contributed by atoms with Gasteiger partial charge in [-0.2, -0.15) is 0 Å². The number of carbonyl (C=O) groups excluding carboxylic acids is 1. The van der Waals surface area contributed by atoms with Crippen LogP contribution in [0.15, 0.2) is 29.2 Å². The molecule has 2 N–H and O–H groups in total. The van der Waals surface area contributed by atoms with Gasteiger partial charge in [0, 0.05) is 4.90 Å². The Kier molecular flexibility index (Phi) is 3.46. The first kappa shape index (κ1) is 13.5. The van der Waals surface area contributed by atoms with Gasteiger partial charge in [0.25, 0.3) is 0 Å². The SMILES string of the molecule is O=C(O)[C@H]1[C@H]2CC[C@@H](C2)[C@@H]1C(=O)Nc1ccccc1S. The molecule has 4 nitrogen and oxygen atoms in total. The van der Waals surface area contributed by atoms with E-state index >= 15 is 0 Å². The van der Waals surface area contributed by atoms with Crippen molar-refractivity contribution in [3.63, 3.8) is 0 Å². The molecule has 1 aromatic rings. The number of carboxylic acids is 1. The number of hydrogen-bond donors (Lipinski definition) is 3. The number of hydrogen-bond acceptors (Lipinski definition) is 3. The van der Waals surface area contributed by atoms with Gasteiger partial charge in [0.15, 0.2) is 0 Å². The third-order valence-corrected chi connectivity index (χ3v) is 5.06. The number of thiol groups is 1. The Bertz CT molecular complexity index is 560. The van der Waals surface area contributed by atoms with Gasteiger partial charge >= 0.3 is 5.97 Å². The largest absolute Gasteiger partial charge is 0.481 e. The molecule has 2 bridgehead atoms. The molecule has 1 amide bonds. The number of para-hydroxylation sites is 1. The zero-order valence-corrected chi connectivity index (χ0v) is 11.8. The number of nitrogens with one attached hydrogen (secondary N) is 1. The molecule has 2 aliphatic carbocycles. The van der Waals surface area contributed by atoms with Gasteiger partial charge < -0.3 is 10.4 Å². The Morgan fingerprint density at radius 3 is 2.45 bits per heavy atom. The molecule has 0 heterocycles. The van der Waals surface area contributed by atoms with Gasteiger partial charge in [-0.15, -0.1) is 12.6 Å². The quantitative estimate of drug-likeness (QED) is 0.750. The van der Waals surface area contributed by atoms with Gasteiger partial charge in [-0.05, 0) is 43.2 Å². The second-order valence-electron chi connectivity index (χ2n) is 5.73. The molecule has 2 fully saturated rings. The first-order valence-corrected chi connectivity index (χ1v) is 7.34. The van der Waals surface area contributed by atoms with Crippen LogP contribution in [0.4, 0.5) is 5.69 Å². The highest BCUT2D eigenvalue weighted by molar-refractivity contribution is 7.80. The fourth-order valence-electron chi connectivity index (χ4n) is 3.82. The summed E-state index contributed by atoms with van der Waals surface area (Å²) < 4.78 is 0. The standard InChI is InChI=1S/C15H17NO3S/c17-14(16-10-3-1-2-4-11(10)20)12-8-5-6-9(7-8)13(12)15(18)19/h1-4,8-9,12-13,20H,5-7H2,(H,16,17)(H,18,19)/t8-,9-,12-,13-/m0/s1. The van der Waals surface area contributed by atoms with E-state index in [1.165, 1.54) is 0 Å². The molecular weight excluding hydrogens is 274 g/mol. The van der Waals surface area contributed by atoms with Gasteiger partial charge in [0.05, 0.1) is 17.5 Å². The number of anilines is 1. The Hall–Kier alpha value is -1.49. The Morgan fingerprint density at radius 1 is 1.15 bits per heavy atom. The smallest absolute Gasteiger partial charge is 0.307 e. The zero-order valence-electron chi connectivity index (χ0n) is 11.0. The van der Waals surface area contributed by atoms with E-state index in [4.69, 9.17) is 0 Å². The first-order valence-electron chi connectivity index (χ1n) is 6.89. The lowest BCUT2D eigenvalue weighted by Crippen LogP contribution is -2.37. The number of fused-ring (bicyclic) bond motifs is 2. The van der Waals surface area contributed by atoms with Crippen LogP contribution in [0.2, 0.25) is 0 Å². The summed E-state index contributed by atoms with van der Waals surface area (Å²) in [5.41, 5.74) is 0.646. The number of rotatable bonds is 3. The van der Waals surface area contributed by atoms with Crippen molar-refractivity contribution < 1.29 is 14.7 Å². The van der Waals surface area contributed by atoms with Crippen LogP contribution in [-0.4, -0.2) is 17.0 Å². The topological polar surface area (TPSA) is 66.4 Å². The van der Waals surface area contributed by atoms with E-state index in [2.05, 4.69) is 17.9 Å². The number of carbonyl (C=O) groups is 2. The van der Waals surface area contributed by atoms with Gasteiger partial charge in [-0.3, -0.25) is 9.59 Å². The minimum atomic E-state index is -0.837. The van der Waals surface area contributed by atoms with Crippen molar-refractivity contribution in [3.05, 3.63) is 24.3 Å². The molecule has 0 spiro atoms.